The van der Waals surface area contributed by atoms with Crippen molar-refractivity contribution < 1.29 is 9.53 Å². The van der Waals surface area contributed by atoms with E-state index in [1.807, 2.05) is 12.1 Å². The van der Waals surface area contributed by atoms with Crippen molar-refractivity contribution >= 4 is 17.7 Å². The first-order valence-electron chi connectivity index (χ1n) is 4.74. The third kappa shape index (κ3) is 4.67. The van der Waals surface area contributed by atoms with Crippen LogP contribution in [0.5, 0.6) is 0 Å². The highest BCUT2D eigenvalue weighted by atomic mass is 35.5. The summed E-state index contributed by atoms with van der Waals surface area (Å²) in [6.07, 6.45) is -0.262. The number of carbonyl (C=O) groups is 1. The Balaban J connectivity index is 2.29. The number of carbonyl (C=O) groups excluding carboxylic acids is 1. The molecule has 1 rings (SSSR count). The van der Waals surface area contributed by atoms with Crippen LogP contribution >= 0.6 is 11.6 Å². The molecule has 84 valence electrons. The number of rotatable bonds is 4. The van der Waals surface area contributed by atoms with E-state index in [2.05, 4.69) is 5.32 Å². The van der Waals surface area contributed by atoms with Gasteiger partial charge in [-0.1, -0.05) is 23.7 Å². The van der Waals surface area contributed by atoms with Crippen LogP contribution in [0.3, 0.4) is 0 Å². The second-order valence-corrected chi connectivity index (χ2v) is 3.48. The lowest BCUT2D eigenvalue weighted by atomic mass is 10.2. The van der Waals surface area contributed by atoms with Crippen molar-refractivity contribution in [2.45, 2.75) is 13.0 Å². The van der Waals surface area contributed by atoms with Crippen molar-refractivity contribution in [2.24, 2.45) is 0 Å². The Morgan fingerprint density at radius 1 is 1.56 bits per heavy atom. The van der Waals surface area contributed by atoms with Crippen LogP contribution in [0.15, 0.2) is 24.3 Å². The monoisotopic (exact) mass is 238 g/mol. The Morgan fingerprint density at radius 3 is 3.06 bits per heavy atom. The lowest BCUT2D eigenvalue weighted by Gasteiger charge is -2.05. The molecule has 1 N–H and O–H groups in total. The molecule has 16 heavy (non-hydrogen) atoms. The molecule has 0 saturated heterocycles. The van der Waals surface area contributed by atoms with Crippen molar-refractivity contribution in [2.75, 3.05) is 6.54 Å². The first-order chi connectivity index (χ1) is 7.72. The van der Waals surface area contributed by atoms with Gasteiger partial charge < -0.3 is 10.1 Å². The van der Waals surface area contributed by atoms with E-state index in [1.54, 1.807) is 18.2 Å². The Labute approximate surface area is 98.8 Å². The summed E-state index contributed by atoms with van der Waals surface area (Å²) in [4.78, 5) is 11.1. The summed E-state index contributed by atoms with van der Waals surface area (Å²) in [5, 5.41) is 11.3. The van der Waals surface area contributed by atoms with Crippen LogP contribution in [0.2, 0.25) is 5.02 Å². The maximum Gasteiger partial charge on any atom is 0.407 e. The molecule has 0 fully saturated rings. The lowest BCUT2D eigenvalue weighted by molar-refractivity contribution is 0.140. The molecular formula is C11H11ClN2O2. The molecule has 1 aromatic carbocycles. The Bertz CT molecular complexity index is 401. The molecule has 0 unspecified atom stereocenters. The first-order valence-corrected chi connectivity index (χ1v) is 5.12. The SMILES string of the molecule is N#CCCNC(=O)OCc1cccc(Cl)c1. The van der Waals surface area contributed by atoms with Gasteiger partial charge in [0.05, 0.1) is 12.5 Å². The minimum atomic E-state index is -0.532. The highest BCUT2D eigenvalue weighted by Gasteiger charge is 2.01. The van der Waals surface area contributed by atoms with Gasteiger partial charge in [-0.15, -0.1) is 0 Å². The molecule has 1 amide bonds. The number of nitrogens with one attached hydrogen (secondary N) is 1. The molecule has 0 saturated carbocycles. The predicted octanol–water partition coefficient (Wildman–Crippen LogP) is 2.48. The molecule has 0 aliphatic heterocycles. The summed E-state index contributed by atoms with van der Waals surface area (Å²) in [6.45, 7) is 0.462. The second kappa shape index (κ2) is 6.70. The first kappa shape index (κ1) is 12.3. The van der Waals surface area contributed by atoms with Gasteiger partial charge in [-0.05, 0) is 17.7 Å². The normalized spacial score (nSPS) is 9.25. The number of hydrogen-bond donors (Lipinski definition) is 1. The Kier molecular flexibility index (Phi) is 5.17. The van der Waals surface area contributed by atoms with E-state index >= 15 is 0 Å². The van der Waals surface area contributed by atoms with Gasteiger partial charge in [0.2, 0.25) is 0 Å². The third-order valence-corrected chi connectivity index (χ3v) is 2.00. The summed E-state index contributed by atoms with van der Waals surface area (Å²) >= 11 is 5.77. The molecule has 0 spiro atoms. The number of halogens is 1. The standard InChI is InChI=1S/C11H11ClN2O2/c12-10-4-1-3-9(7-10)8-16-11(15)14-6-2-5-13/h1,3-4,7H,2,6,8H2,(H,14,15). The summed E-state index contributed by atoms with van der Waals surface area (Å²) in [5.74, 6) is 0. The van der Waals surface area contributed by atoms with Crippen LogP contribution in [0.25, 0.3) is 0 Å². The molecule has 0 aromatic heterocycles. The fraction of sp³-hybridized carbons (Fsp3) is 0.273. The number of alkyl carbamates (subject to hydrolysis) is 1. The van der Waals surface area contributed by atoms with Gasteiger partial charge in [0.25, 0.3) is 0 Å². The highest BCUT2D eigenvalue weighted by molar-refractivity contribution is 6.30. The summed E-state index contributed by atoms with van der Waals surface area (Å²) < 4.78 is 4.91. The van der Waals surface area contributed by atoms with E-state index < -0.39 is 6.09 Å². The zero-order valence-electron chi connectivity index (χ0n) is 8.57. The number of hydrogen-bond acceptors (Lipinski definition) is 3. The highest BCUT2D eigenvalue weighted by Crippen LogP contribution is 2.11. The quantitative estimate of drug-likeness (QED) is 0.820. The van der Waals surface area contributed by atoms with Gasteiger partial charge in [-0.2, -0.15) is 5.26 Å². The van der Waals surface area contributed by atoms with E-state index in [-0.39, 0.29) is 13.0 Å². The van der Waals surface area contributed by atoms with E-state index in [0.29, 0.717) is 11.6 Å². The molecule has 0 heterocycles. The maximum absolute atomic E-state index is 11.1. The molecule has 4 nitrogen and oxygen atoms in total. The van der Waals surface area contributed by atoms with Gasteiger partial charge in [0, 0.05) is 11.6 Å². The third-order valence-electron chi connectivity index (χ3n) is 1.77. The average molecular weight is 239 g/mol. The number of amides is 1. The predicted molar refractivity (Wildman–Crippen MR) is 59.9 cm³/mol. The molecule has 5 heteroatoms. The van der Waals surface area contributed by atoms with Crippen molar-refractivity contribution in [3.05, 3.63) is 34.9 Å². The minimum absolute atomic E-state index is 0.166. The summed E-state index contributed by atoms with van der Waals surface area (Å²) in [7, 11) is 0. The largest absolute Gasteiger partial charge is 0.445 e. The van der Waals surface area contributed by atoms with E-state index in [1.165, 1.54) is 0 Å². The zero-order valence-corrected chi connectivity index (χ0v) is 9.33. The fourth-order valence-corrected chi connectivity index (χ4v) is 1.26. The zero-order chi connectivity index (χ0) is 11.8. The second-order valence-electron chi connectivity index (χ2n) is 3.04. The number of nitrogens with zero attached hydrogens (tertiary/aromatic N) is 1. The smallest absolute Gasteiger partial charge is 0.407 e. The van der Waals surface area contributed by atoms with Crippen LogP contribution in [0.1, 0.15) is 12.0 Å². The van der Waals surface area contributed by atoms with Gasteiger partial charge in [-0.3, -0.25) is 0 Å². The molecule has 1 aromatic rings. The number of nitriles is 1. The number of ether oxygens (including phenoxy) is 1. The Morgan fingerprint density at radius 2 is 2.38 bits per heavy atom. The van der Waals surface area contributed by atoms with Gasteiger partial charge >= 0.3 is 6.09 Å². The van der Waals surface area contributed by atoms with Crippen LogP contribution < -0.4 is 5.32 Å². The summed E-state index contributed by atoms with van der Waals surface area (Å²) in [6, 6.07) is 8.99. The molecule has 0 aliphatic carbocycles. The average Bonchev–Trinajstić information content (AvgIpc) is 2.27. The van der Waals surface area contributed by atoms with Crippen LogP contribution in [-0.4, -0.2) is 12.6 Å². The van der Waals surface area contributed by atoms with Gasteiger partial charge in [0.15, 0.2) is 0 Å². The van der Waals surface area contributed by atoms with Crippen LogP contribution in [-0.2, 0) is 11.3 Å². The van der Waals surface area contributed by atoms with E-state index in [0.717, 1.165) is 5.56 Å². The fourth-order valence-electron chi connectivity index (χ4n) is 1.05. The number of benzene rings is 1. The molecular weight excluding hydrogens is 228 g/mol. The van der Waals surface area contributed by atoms with E-state index in [4.69, 9.17) is 21.6 Å². The van der Waals surface area contributed by atoms with Gasteiger partial charge in [0.1, 0.15) is 6.61 Å². The van der Waals surface area contributed by atoms with Crippen molar-refractivity contribution in [1.82, 2.24) is 5.32 Å². The lowest BCUT2D eigenvalue weighted by Crippen LogP contribution is -2.24. The summed E-state index contributed by atoms with van der Waals surface area (Å²) in [5.41, 5.74) is 0.822. The van der Waals surface area contributed by atoms with Crippen molar-refractivity contribution in [3.63, 3.8) is 0 Å². The molecule has 0 radical (unpaired) electrons. The Hall–Kier alpha value is -1.73. The topological polar surface area (TPSA) is 62.1 Å². The van der Waals surface area contributed by atoms with Gasteiger partial charge in [-0.25, -0.2) is 4.79 Å². The minimum Gasteiger partial charge on any atom is -0.445 e. The van der Waals surface area contributed by atoms with Crippen LogP contribution in [0.4, 0.5) is 4.79 Å². The molecule has 0 atom stereocenters. The van der Waals surface area contributed by atoms with Crippen LogP contribution in [0, 0.1) is 11.3 Å². The van der Waals surface area contributed by atoms with Crippen molar-refractivity contribution in [1.29, 1.82) is 5.26 Å². The maximum atomic E-state index is 11.1. The van der Waals surface area contributed by atoms with Crippen molar-refractivity contribution in [3.8, 4) is 6.07 Å². The molecule has 0 aliphatic rings. The molecule has 0 bridgehead atoms. The van der Waals surface area contributed by atoms with E-state index in [9.17, 15) is 4.79 Å².